The molecule has 0 saturated heterocycles. The average molecular weight is 294 g/mol. The third-order valence-electron chi connectivity index (χ3n) is 3.10. The molecule has 0 fully saturated rings. The van der Waals surface area contributed by atoms with E-state index in [1.54, 1.807) is 19.2 Å². The summed E-state index contributed by atoms with van der Waals surface area (Å²) in [6, 6.07) is 8.86. The predicted octanol–water partition coefficient (Wildman–Crippen LogP) is 3.10. The molecule has 0 radical (unpaired) electrons. The second kappa shape index (κ2) is 5.96. The molecule has 0 aliphatic rings. The van der Waals surface area contributed by atoms with Gasteiger partial charge in [0.25, 0.3) is 5.91 Å². The minimum atomic E-state index is -0.307. The van der Waals surface area contributed by atoms with Gasteiger partial charge in [0.1, 0.15) is 5.82 Å². The number of hydrogen-bond acceptors (Lipinski definition) is 3. The van der Waals surface area contributed by atoms with Crippen LogP contribution in [0.3, 0.4) is 0 Å². The Kier molecular flexibility index (Phi) is 4.29. The fourth-order valence-electron chi connectivity index (χ4n) is 1.75. The Balaban J connectivity index is 2.17. The van der Waals surface area contributed by atoms with E-state index in [-0.39, 0.29) is 28.6 Å². The standard InChI is InChI=1S/C14H13ClFN3O/c1-9(10-3-5-11(16)6-4-10)19(2)14(20)12-7-8-13(15)18-17-12/h3-9H,1-2H3. The molecule has 4 nitrogen and oxygen atoms in total. The van der Waals surface area contributed by atoms with E-state index in [0.717, 1.165) is 5.56 Å². The van der Waals surface area contributed by atoms with Crippen LogP contribution in [0.2, 0.25) is 5.15 Å². The van der Waals surface area contributed by atoms with E-state index in [0.29, 0.717) is 0 Å². The van der Waals surface area contributed by atoms with Crippen LogP contribution < -0.4 is 0 Å². The summed E-state index contributed by atoms with van der Waals surface area (Å²) in [5.74, 6) is -0.579. The van der Waals surface area contributed by atoms with Crippen LogP contribution in [0.4, 0.5) is 4.39 Å². The van der Waals surface area contributed by atoms with Gasteiger partial charge in [0, 0.05) is 7.05 Å². The highest BCUT2D eigenvalue weighted by Gasteiger charge is 2.20. The van der Waals surface area contributed by atoms with Crippen LogP contribution in [0.1, 0.15) is 29.0 Å². The third kappa shape index (κ3) is 3.11. The van der Waals surface area contributed by atoms with Crippen molar-refractivity contribution in [2.45, 2.75) is 13.0 Å². The lowest BCUT2D eigenvalue weighted by atomic mass is 10.1. The van der Waals surface area contributed by atoms with Gasteiger partial charge in [-0.05, 0) is 36.8 Å². The molecule has 1 aromatic carbocycles. The normalized spacial score (nSPS) is 12.0. The smallest absolute Gasteiger partial charge is 0.274 e. The monoisotopic (exact) mass is 293 g/mol. The Morgan fingerprint density at radius 3 is 2.40 bits per heavy atom. The first-order chi connectivity index (χ1) is 9.49. The van der Waals surface area contributed by atoms with Gasteiger partial charge in [0.2, 0.25) is 0 Å². The van der Waals surface area contributed by atoms with Crippen molar-refractivity contribution in [3.8, 4) is 0 Å². The number of hydrogen-bond donors (Lipinski definition) is 0. The topological polar surface area (TPSA) is 46.1 Å². The highest BCUT2D eigenvalue weighted by molar-refractivity contribution is 6.29. The van der Waals surface area contributed by atoms with Gasteiger partial charge in [-0.2, -0.15) is 0 Å². The Hall–Kier alpha value is -2.01. The summed E-state index contributed by atoms with van der Waals surface area (Å²) < 4.78 is 12.9. The SMILES string of the molecule is CC(c1ccc(F)cc1)N(C)C(=O)c1ccc(Cl)nn1. The number of carbonyl (C=O) groups is 1. The molecule has 6 heteroatoms. The minimum Gasteiger partial charge on any atom is -0.334 e. The summed E-state index contributed by atoms with van der Waals surface area (Å²) in [6.07, 6.45) is 0. The quantitative estimate of drug-likeness (QED) is 0.873. The predicted molar refractivity (Wildman–Crippen MR) is 74.0 cm³/mol. The Morgan fingerprint density at radius 2 is 1.85 bits per heavy atom. The Morgan fingerprint density at radius 1 is 1.20 bits per heavy atom. The van der Waals surface area contributed by atoms with Crippen molar-refractivity contribution in [2.24, 2.45) is 0 Å². The van der Waals surface area contributed by atoms with E-state index in [1.165, 1.54) is 29.2 Å². The fourth-order valence-corrected chi connectivity index (χ4v) is 1.85. The van der Waals surface area contributed by atoms with Gasteiger partial charge < -0.3 is 4.90 Å². The largest absolute Gasteiger partial charge is 0.334 e. The number of nitrogens with zero attached hydrogens (tertiary/aromatic N) is 3. The summed E-state index contributed by atoms with van der Waals surface area (Å²) >= 11 is 5.64. The molecule has 1 aromatic heterocycles. The fraction of sp³-hybridized carbons (Fsp3) is 0.214. The summed E-state index contributed by atoms with van der Waals surface area (Å²) in [5, 5.41) is 7.63. The molecule has 1 unspecified atom stereocenters. The highest BCUT2D eigenvalue weighted by Crippen LogP contribution is 2.20. The lowest BCUT2D eigenvalue weighted by Gasteiger charge is -2.24. The molecule has 0 bridgehead atoms. The summed E-state index contributed by atoms with van der Waals surface area (Å²) in [7, 11) is 1.66. The van der Waals surface area contributed by atoms with Crippen molar-refractivity contribution in [3.63, 3.8) is 0 Å². The van der Waals surface area contributed by atoms with Crippen LogP contribution in [-0.2, 0) is 0 Å². The number of halogens is 2. The summed E-state index contributed by atoms with van der Waals surface area (Å²) in [4.78, 5) is 13.8. The van der Waals surface area contributed by atoms with Crippen molar-refractivity contribution in [3.05, 3.63) is 58.6 Å². The molecular formula is C14H13ClFN3O. The van der Waals surface area contributed by atoms with E-state index in [4.69, 9.17) is 11.6 Å². The van der Waals surface area contributed by atoms with Gasteiger partial charge in [-0.15, -0.1) is 10.2 Å². The van der Waals surface area contributed by atoms with Crippen LogP contribution in [0, 0.1) is 5.82 Å². The van der Waals surface area contributed by atoms with Gasteiger partial charge in [-0.25, -0.2) is 4.39 Å². The van der Waals surface area contributed by atoms with Crippen molar-refractivity contribution >= 4 is 17.5 Å². The highest BCUT2D eigenvalue weighted by atomic mass is 35.5. The van der Waals surface area contributed by atoms with Gasteiger partial charge >= 0.3 is 0 Å². The maximum atomic E-state index is 12.9. The molecule has 2 rings (SSSR count). The first kappa shape index (κ1) is 14.4. The molecule has 0 spiro atoms. The van der Waals surface area contributed by atoms with Crippen molar-refractivity contribution in [2.75, 3.05) is 7.05 Å². The lowest BCUT2D eigenvalue weighted by molar-refractivity contribution is 0.0735. The second-order valence-electron chi connectivity index (χ2n) is 4.38. The van der Waals surface area contributed by atoms with Gasteiger partial charge in [-0.3, -0.25) is 4.79 Å². The van der Waals surface area contributed by atoms with E-state index < -0.39 is 0 Å². The van der Waals surface area contributed by atoms with Crippen molar-refractivity contribution < 1.29 is 9.18 Å². The average Bonchev–Trinajstić information content (AvgIpc) is 2.46. The zero-order chi connectivity index (χ0) is 14.7. The third-order valence-corrected chi connectivity index (χ3v) is 3.31. The van der Waals surface area contributed by atoms with E-state index in [9.17, 15) is 9.18 Å². The van der Waals surface area contributed by atoms with E-state index >= 15 is 0 Å². The molecule has 0 saturated carbocycles. The van der Waals surface area contributed by atoms with E-state index in [2.05, 4.69) is 10.2 Å². The van der Waals surface area contributed by atoms with Crippen molar-refractivity contribution in [1.82, 2.24) is 15.1 Å². The maximum absolute atomic E-state index is 12.9. The molecule has 20 heavy (non-hydrogen) atoms. The van der Waals surface area contributed by atoms with Crippen LogP contribution in [0.25, 0.3) is 0 Å². The minimum absolute atomic E-state index is 0.208. The first-order valence-corrected chi connectivity index (χ1v) is 6.38. The lowest BCUT2D eigenvalue weighted by Crippen LogP contribution is -2.30. The van der Waals surface area contributed by atoms with E-state index in [1.807, 2.05) is 6.92 Å². The Bertz CT molecular complexity index is 601. The van der Waals surface area contributed by atoms with Crippen LogP contribution in [0.15, 0.2) is 36.4 Å². The van der Waals surface area contributed by atoms with Crippen LogP contribution >= 0.6 is 11.6 Å². The molecule has 104 valence electrons. The number of amides is 1. The molecule has 0 aliphatic heterocycles. The van der Waals surface area contributed by atoms with Gasteiger partial charge in [-0.1, -0.05) is 23.7 Å². The number of rotatable bonds is 3. The van der Waals surface area contributed by atoms with Crippen LogP contribution in [-0.4, -0.2) is 28.1 Å². The Labute approximate surface area is 121 Å². The number of carbonyl (C=O) groups excluding carboxylic acids is 1. The molecule has 0 aliphatic carbocycles. The number of benzene rings is 1. The maximum Gasteiger partial charge on any atom is 0.274 e. The molecule has 1 heterocycles. The molecule has 1 amide bonds. The molecule has 1 atom stereocenters. The number of aromatic nitrogens is 2. The van der Waals surface area contributed by atoms with Crippen LogP contribution in [0.5, 0.6) is 0 Å². The summed E-state index contributed by atoms with van der Waals surface area (Å²) in [5.41, 5.74) is 1.05. The molecular weight excluding hydrogens is 281 g/mol. The molecule has 0 N–H and O–H groups in total. The van der Waals surface area contributed by atoms with Gasteiger partial charge in [0.05, 0.1) is 6.04 Å². The van der Waals surface area contributed by atoms with Crippen molar-refractivity contribution in [1.29, 1.82) is 0 Å². The molecule has 2 aromatic rings. The zero-order valence-corrected chi connectivity index (χ0v) is 11.8. The second-order valence-corrected chi connectivity index (χ2v) is 4.77. The zero-order valence-electron chi connectivity index (χ0n) is 11.0. The summed E-state index contributed by atoms with van der Waals surface area (Å²) in [6.45, 7) is 1.86. The van der Waals surface area contributed by atoms with Gasteiger partial charge in [0.15, 0.2) is 10.8 Å². The first-order valence-electron chi connectivity index (χ1n) is 6.01.